The van der Waals surface area contributed by atoms with Gasteiger partial charge in [0, 0.05) is 0 Å². The Kier molecular flexibility index (Phi) is 4.75. The minimum Gasteiger partial charge on any atom is -0.481 e. The second-order valence-electron chi connectivity index (χ2n) is 4.54. The van der Waals surface area contributed by atoms with E-state index < -0.39 is 30.5 Å². The third-order valence-corrected chi connectivity index (χ3v) is 2.59. The summed E-state index contributed by atoms with van der Waals surface area (Å²) in [6.45, 7) is 3.47. The van der Waals surface area contributed by atoms with Crippen LogP contribution >= 0.6 is 0 Å². The molecule has 1 amide bonds. The van der Waals surface area contributed by atoms with Crippen molar-refractivity contribution < 1.29 is 27.9 Å². The molecule has 1 atom stereocenters. The average Bonchev–Trinajstić information content (AvgIpc) is 2.24. The number of carbonyl (C=O) groups excluding carboxylic acids is 1. The molecule has 0 aliphatic heterocycles. The van der Waals surface area contributed by atoms with E-state index in [0.717, 1.165) is 11.1 Å². The smallest absolute Gasteiger partial charge is 0.471 e. The van der Waals surface area contributed by atoms with Crippen LogP contribution in [0.1, 0.15) is 29.2 Å². The van der Waals surface area contributed by atoms with E-state index in [1.54, 1.807) is 37.4 Å². The van der Waals surface area contributed by atoms with Gasteiger partial charge in [-0.1, -0.05) is 29.3 Å². The minimum absolute atomic E-state index is 0.336. The number of benzene rings is 1. The molecule has 110 valence electrons. The van der Waals surface area contributed by atoms with Gasteiger partial charge in [-0.2, -0.15) is 13.2 Å². The molecule has 0 aliphatic carbocycles. The van der Waals surface area contributed by atoms with Gasteiger partial charge in [-0.15, -0.1) is 0 Å². The van der Waals surface area contributed by atoms with E-state index in [1.165, 1.54) is 0 Å². The third-order valence-electron chi connectivity index (χ3n) is 2.59. The fraction of sp³-hybridized carbons (Fsp3) is 0.385. The van der Waals surface area contributed by atoms with Crippen molar-refractivity contribution >= 4 is 11.9 Å². The molecule has 0 bridgehead atoms. The number of carboxylic acid groups (broad SMARTS) is 1. The van der Waals surface area contributed by atoms with Gasteiger partial charge in [0.2, 0.25) is 0 Å². The van der Waals surface area contributed by atoms with Crippen molar-refractivity contribution in [1.82, 2.24) is 5.32 Å². The number of hydrogen-bond acceptors (Lipinski definition) is 2. The first-order chi connectivity index (χ1) is 9.09. The van der Waals surface area contributed by atoms with Crippen molar-refractivity contribution in [2.24, 2.45) is 0 Å². The molecule has 0 aliphatic rings. The number of carboxylic acids is 1. The predicted octanol–water partition coefficient (Wildman–Crippen LogP) is 2.50. The molecule has 0 saturated heterocycles. The molecule has 7 heteroatoms. The van der Waals surface area contributed by atoms with Gasteiger partial charge in [-0.25, -0.2) is 0 Å². The molecule has 0 spiro atoms. The zero-order valence-corrected chi connectivity index (χ0v) is 10.9. The van der Waals surface area contributed by atoms with Crippen LogP contribution in [0.3, 0.4) is 0 Å². The summed E-state index contributed by atoms with van der Waals surface area (Å²) in [4.78, 5) is 21.7. The van der Waals surface area contributed by atoms with E-state index in [2.05, 4.69) is 0 Å². The fourth-order valence-corrected chi connectivity index (χ4v) is 1.88. The van der Waals surface area contributed by atoms with Crippen LogP contribution in [0.5, 0.6) is 0 Å². The third kappa shape index (κ3) is 4.56. The maximum atomic E-state index is 12.3. The van der Waals surface area contributed by atoms with Gasteiger partial charge < -0.3 is 10.4 Å². The summed E-state index contributed by atoms with van der Waals surface area (Å²) in [5.74, 6) is -3.44. The van der Waals surface area contributed by atoms with Gasteiger partial charge in [0.25, 0.3) is 0 Å². The van der Waals surface area contributed by atoms with Crippen LogP contribution in [0.4, 0.5) is 13.2 Å². The Labute approximate surface area is 113 Å². The van der Waals surface area contributed by atoms with Crippen LogP contribution in [-0.2, 0) is 9.59 Å². The van der Waals surface area contributed by atoms with Crippen LogP contribution in [0, 0.1) is 13.8 Å². The molecule has 4 nitrogen and oxygen atoms in total. The van der Waals surface area contributed by atoms with Crippen LogP contribution < -0.4 is 5.32 Å². The summed E-state index contributed by atoms with van der Waals surface area (Å²) in [6, 6.07) is 3.68. The van der Waals surface area contributed by atoms with Crippen LogP contribution in [0.25, 0.3) is 0 Å². The van der Waals surface area contributed by atoms with Crippen LogP contribution in [0.15, 0.2) is 18.2 Å². The Hall–Kier alpha value is -2.05. The van der Waals surface area contributed by atoms with Crippen molar-refractivity contribution in [3.8, 4) is 0 Å². The van der Waals surface area contributed by atoms with Crippen LogP contribution in [0.2, 0.25) is 0 Å². The zero-order valence-electron chi connectivity index (χ0n) is 10.9. The lowest BCUT2D eigenvalue weighted by Crippen LogP contribution is -2.39. The Morgan fingerprint density at radius 2 is 1.70 bits per heavy atom. The number of amides is 1. The van der Waals surface area contributed by atoms with E-state index in [4.69, 9.17) is 5.11 Å². The summed E-state index contributed by atoms with van der Waals surface area (Å²) < 4.78 is 36.8. The van der Waals surface area contributed by atoms with Crippen molar-refractivity contribution in [2.45, 2.75) is 32.5 Å². The SMILES string of the molecule is Cc1cc(C)cc([C@H](CC(=O)O)NC(=O)C(F)(F)F)c1. The Bertz CT molecular complexity index is 506. The highest BCUT2D eigenvalue weighted by Crippen LogP contribution is 2.23. The number of rotatable bonds is 4. The quantitative estimate of drug-likeness (QED) is 0.895. The van der Waals surface area contributed by atoms with Crippen molar-refractivity contribution in [3.63, 3.8) is 0 Å². The minimum atomic E-state index is -5.05. The molecule has 0 aromatic heterocycles. The lowest BCUT2D eigenvalue weighted by molar-refractivity contribution is -0.174. The number of aliphatic carboxylic acids is 1. The largest absolute Gasteiger partial charge is 0.481 e. The Balaban J connectivity index is 3.06. The maximum absolute atomic E-state index is 12.3. The van der Waals surface area contributed by atoms with E-state index in [-0.39, 0.29) is 0 Å². The van der Waals surface area contributed by atoms with E-state index in [0.29, 0.717) is 5.56 Å². The van der Waals surface area contributed by atoms with Gasteiger partial charge in [-0.3, -0.25) is 9.59 Å². The Morgan fingerprint density at radius 1 is 1.20 bits per heavy atom. The molecule has 1 aromatic rings. The highest BCUT2D eigenvalue weighted by Gasteiger charge is 2.40. The number of carbonyl (C=O) groups is 2. The first-order valence-electron chi connectivity index (χ1n) is 5.77. The van der Waals surface area contributed by atoms with Gasteiger partial charge in [0.15, 0.2) is 0 Å². The molecule has 1 rings (SSSR count). The molecule has 0 radical (unpaired) electrons. The standard InChI is InChI=1S/C13H14F3NO3/c1-7-3-8(2)5-9(4-7)10(6-11(18)19)17-12(20)13(14,15)16/h3-5,10H,6H2,1-2H3,(H,17,20)(H,18,19)/t10-/m0/s1. The molecule has 0 unspecified atom stereocenters. The van der Waals surface area contributed by atoms with Gasteiger partial charge in [0.05, 0.1) is 12.5 Å². The fourth-order valence-electron chi connectivity index (χ4n) is 1.88. The summed E-state index contributed by atoms with van der Waals surface area (Å²) in [5, 5.41) is 10.5. The number of halogens is 3. The molecule has 0 saturated carbocycles. The molecular weight excluding hydrogens is 275 g/mol. The molecule has 0 fully saturated rings. The second kappa shape index (κ2) is 5.94. The normalized spacial score (nSPS) is 12.8. The first-order valence-corrected chi connectivity index (χ1v) is 5.77. The first kappa shape index (κ1) is 16.0. The number of hydrogen-bond donors (Lipinski definition) is 2. The van der Waals surface area contributed by atoms with Crippen molar-refractivity contribution in [2.75, 3.05) is 0 Å². The molecular formula is C13H14F3NO3. The van der Waals surface area contributed by atoms with Crippen molar-refractivity contribution in [3.05, 3.63) is 34.9 Å². The molecule has 1 aromatic carbocycles. The Morgan fingerprint density at radius 3 is 2.10 bits per heavy atom. The van der Waals surface area contributed by atoms with E-state index in [1.807, 2.05) is 0 Å². The number of alkyl halides is 3. The second-order valence-corrected chi connectivity index (χ2v) is 4.54. The summed E-state index contributed by atoms with van der Waals surface area (Å²) >= 11 is 0. The summed E-state index contributed by atoms with van der Waals surface area (Å²) in [6.07, 6.45) is -5.67. The maximum Gasteiger partial charge on any atom is 0.471 e. The highest BCUT2D eigenvalue weighted by molar-refractivity contribution is 5.82. The topological polar surface area (TPSA) is 66.4 Å². The van der Waals surface area contributed by atoms with Gasteiger partial charge in [-0.05, 0) is 19.4 Å². The van der Waals surface area contributed by atoms with Crippen molar-refractivity contribution in [1.29, 1.82) is 0 Å². The summed E-state index contributed by atoms with van der Waals surface area (Å²) in [7, 11) is 0. The molecule has 2 N–H and O–H groups in total. The van der Waals surface area contributed by atoms with E-state index in [9.17, 15) is 22.8 Å². The van der Waals surface area contributed by atoms with Gasteiger partial charge in [0.1, 0.15) is 0 Å². The highest BCUT2D eigenvalue weighted by atomic mass is 19.4. The average molecular weight is 289 g/mol. The molecule has 0 heterocycles. The zero-order chi connectivity index (χ0) is 15.5. The molecule has 20 heavy (non-hydrogen) atoms. The number of aryl methyl sites for hydroxylation is 2. The monoisotopic (exact) mass is 289 g/mol. The lowest BCUT2D eigenvalue weighted by Gasteiger charge is -2.19. The van der Waals surface area contributed by atoms with Crippen LogP contribution in [-0.4, -0.2) is 23.2 Å². The predicted molar refractivity (Wildman–Crippen MR) is 65.1 cm³/mol. The summed E-state index contributed by atoms with van der Waals surface area (Å²) in [5.41, 5.74) is 1.88. The number of nitrogens with one attached hydrogen (secondary N) is 1. The lowest BCUT2D eigenvalue weighted by atomic mass is 9.99. The van der Waals surface area contributed by atoms with Gasteiger partial charge >= 0.3 is 18.1 Å². The van der Waals surface area contributed by atoms with E-state index >= 15 is 0 Å².